The number of pyridine rings is 1. The number of amidine groups is 1. The summed E-state index contributed by atoms with van der Waals surface area (Å²) in [6.45, 7) is 3.50. The molecule has 2 unspecified atom stereocenters. The van der Waals surface area contributed by atoms with Crippen molar-refractivity contribution < 1.29 is 5.11 Å². The van der Waals surface area contributed by atoms with E-state index in [-0.39, 0.29) is 11.9 Å². The topological polar surface area (TPSA) is 86.2 Å². The molecule has 0 amide bonds. The summed E-state index contributed by atoms with van der Waals surface area (Å²) in [6.07, 6.45) is 0.596. The highest BCUT2D eigenvalue weighted by Gasteiger charge is 2.25. The van der Waals surface area contributed by atoms with Crippen LogP contribution in [-0.4, -0.2) is 35.1 Å². The Balaban J connectivity index is 2.05. The molecular formula is C16H20N4O. The summed E-state index contributed by atoms with van der Waals surface area (Å²) in [5.74, 6) is 1.14. The quantitative estimate of drug-likeness (QED) is 0.579. The van der Waals surface area contributed by atoms with E-state index < -0.39 is 0 Å². The fourth-order valence-electron chi connectivity index (χ4n) is 2.80. The van der Waals surface area contributed by atoms with Crippen LogP contribution in [0.3, 0.4) is 0 Å². The monoisotopic (exact) mass is 284 g/mol. The molecule has 0 radical (unpaired) electrons. The minimum atomic E-state index is -0.340. The molecule has 0 aliphatic carbocycles. The van der Waals surface area contributed by atoms with E-state index in [9.17, 15) is 5.11 Å². The van der Waals surface area contributed by atoms with E-state index in [1.54, 1.807) is 0 Å². The third kappa shape index (κ3) is 2.56. The van der Waals surface area contributed by atoms with Crippen molar-refractivity contribution in [2.75, 3.05) is 18.0 Å². The first-order valence-electron chi connectivity index (χ1n) is 7.23. The lowest BCUT2D eigenvalue weighted by Crippen LogP contribution is -2.43. The van der Waals surface area contributed by atoms with Gasteiger partial charge in [-0.2, -0.15) is 0 Å². The van der Waals surface area contributed by atoms with Crippen LogP contribution in [0.4, 0.5) is 5.82 Å². The van der Waals surface area contributed by atoms with Crippen LogP contribution in [0, 0.1) is 11.3 Å². The number of aromatic nitrogens is 1. The molecule has 1 aliphatic heterocycles. The average molecular weight is 284 g/mol. The van der Waals surface area contributed by atoms with Crippen molar-refractivity contribution in [1.82, 2.24) is 4.98 Å². The molecule has 1 aromatic heterocycles. The summed E-state index contributed by atoms with van der Waals surface area (Å²) < 4.78 is 0. The van der Waals surface area contributed by atoms with Gasteiger partial charge in [0.15, 0.2) is 0 Å². The van der Waals surface area contributed by atoms with Gasteiger partial charge in [0.2, 0.25) is 0 Å². The zero-order valence-electron chi connectivity index (χ0n) is 12.1. The van der Waals surface area contributed by atoms with Crippen LogP contribution in [0.1, 0.15) is 18.9 Å². The predicted molar refractivity (Wildman–Crippen MR) is 84.8 cm³/mol. The van der Waals surface area contributed by atoms with Crippen LogP contribution in [0.2, 0.25) is 0 Å². The molecule has 5 nitrogen and oxygen atoms in total. The van der Waals surface area contributed by atoms with E-state index in [2.05, 4.69) is 16.8 Å². The van der Waals surface area contributed by atoms with Gasteiger partial charge >= 0.3 is 0 Å². The number of piperidine rings is 1. The Bertz CT molecular complexity index is 685. The molecule has 2 atom stereocenters. The number of benzene rings is 1. The van der Waals surface area contributed by atoms with Crippen LogP contribution in [0.5, 0.6) is 0 Å². The van der Waals surface area contributed by atoms with Gasteiger partial charge in [-0.1, -0.05) is 25.1 Å². The van der Waals surface area contributed by atoms with Gasteiger partial charge in [-0.15, -0.1) is 0 Å². The van der Waals surface area contributed by atoms with Gasteiger partial charge in [0.25, 0.3) is 0 Å². The second-order valence-corrected chi connectivity index (χ2v) is 5.74. The standard InChI is InChI=1S/C16H20N4O/c1-10-6-7-20(9-14(10)21)15-8-12(16(17)18)11-4-2-3-5-13(11)19-15/h2-5,8,10,14,21H,6-7,9H2,1H3,(H3,17,18). The summed E-state index contributed by atoms with van der Waals surface area (Å²) in [4.78, 5) is 6.74. The van der Waals surface area contributed by atoms with Gasteiger partial charge in [0.05, 0.1) is 11.6 Å². The number of fused-ring (bicyclic) bond motifs is 1. The van der Waals surface area contributed by atoms with Crippen molar-refractivity contribution >= 4 is 22.6 Å². The number of anilines is 1. The highest BCUT2D eigenvalue weighted by atomic mass is 16.3. The molecule has 3 rings (SSSR count). The third-order valence-electron chi connectivity index (χ3n) is 4.24. The molecule has 2 heterocycles. The SMILES string of the molecule is CC1CCN(c2cc(C(=N)N)c3ccccc3n2)CC1O. The zero-order chi connectivity index (χ0) is 15.0. The first-order chi connectivity index (χ1) is 10.1. The summed E-state index contributed by atoms with van der Waals surface area (Å²) in [7, 11) is 0. The summed E-state index contributed by atoms with van der Waals surface area (Å²) in [6, 6.07) is 9.55. The van der Waals surface area contributed by atoms with Gasteiger partial charge in [-0.3, -0.25) is 5.41 Å². The molecule has 1 aliphatic rings. The molecule has 1 fully saturated rings. The second kappa shape index (κ2) is 5.33. The Morgan fingerprint density at radius 2 is 2.19 bits per heavy atom. The van der Waals surface area contributed by atoms with Crippen LogP contribution in [0.15, 0.2) is 30.3 Å². The first-order valence-corrected chi connectivity index (χ1v) is 7.23. The van der Waals surface area contributed by atoms with Crippen molar-refractivity contribution in [3.05, 3.63) is 35.9 Å². The fourth-order valence-corrected chi connectivity index (χ4v) is 2.80. The number of nitrogens with one attached hydrogen (secondary N) is 1. The van der Waals surface area contributed by atoms with Gasteiger partial charge in [0, 0.05) is 24.0 Å². The molecular weight excluding hydrogens is 264 g/mol. The number of hydrogen-bond donors (Lipinski definition) is 3. The fraction of sp³-hybridized carbons (Fsp3) is 0.375. The lowest BCUT2D eigenvalue weighted by molar-refractivity contribution is 0.102. The normalized spacial score (nSPS) is 22.5. The van der Waals surface area contributed by atoms with Crippen LogP contribution in [0.25, 0.3) is 10.9 Å². The van der Waals surface area contributed by atoms with Gasteiger partial charge in [-0.25, -0.2) is 4.98 Å². The van der Waals surface area contributed by atoms with Crippen molar-refractivity contribution in [1.29, 1.82) is 5.41 Å². The van der Waals surface area contributed by atoms with Crippen molar-refractivity contribution in [2.45, 2.75) is 19.4 Å². The largest absolute Gasteiger partial charge is 0.391 e. The number of hydrogen-bond acceptors (Lipinski definition) is 4. The van der Waals surface area contributed by atoms with Crippen molar-refractivity contribution in [3.63, 3.8) is 0 Å². The molecule has 0 saturated carbocycles. The number of rotatable bonds is 2. The Hall–Kier alpha value is -2.14. The van der Waals surface area contributed by atoms with E-state index in [4.69, 9.17) is 11.1 Å². The zero-order valence-corrected chi connectivity index (χ0v) is 12.1. The molecule has 0 spiro atoms. The summed E-state index contributed by atoms with van der Waals surface area (Å²) >= 11 is 0. The van der Waals surface area contributed by atoms with Gasteiger partial charge < -0.3 is 15.7 Å². The highest BCUT2D eigenvalue weighted by Crippen LogP contribution is 2.26. The number of β-amino-alcohol motifs (C(OH)–C–C–N with tert-alkyl or cyclic N) is 1. The van der Waals surface area contributed by atoms with E-state index in [0.29, 0.717) is 18.0 Å². The molecule has 0 bridgehead atoms. The molecule has 5 heteroatoms. The van der Waals surface area contributed by atoms with Gasteiger partial charge in [0.1, 0.15) is 11.7 Å². The maximum absolute atomic E-state index is 10.1. The predicted octanol–water partition coefficient (Wildman–Crippen LogP) is 1.73. The average Bonchev–Trinajstić information content (AvgIpc) is 2.48. The minimum Gasteiger partial charge on any atom is -0.391 e. The lowest BCUT2D eigenvalue weighted by atomic mass is 9.96. The maximum atomic E-state index is 10.1. The Labute approximate surface area is 123 Å². The number of nitrogens with two attached hydrogens (primary N) is 1. The van der Waals surface area contributed by atoms with E-state index >= 15 is 0 Å². The Kier molecular flexibility index (Phi) is 3.51. The molecule has 1 aromatic carbocycles. The highest BCUT2D eigenvalue weighted by molar-refractivity contribution is 6.07. The lowest BCUT2D eigenvalue weighted by Gasteiger charge is -2.35. The minimum absolute atomic E-state index is 0.0424. The Morgan fingerprint density at radius 3 is 2.90 bits per heavy atom. The second-order valence-electron chi connectivity index (χ2n) is 5.74. The Morgan fingerprint density at radius 1 is 1.43 bits per heavy atom. The van der Waals surface area contributed by atoms with Crippen molar-refractivity contribution in [2.24, 2.45) is 11.7 Å². The number of aliphatic hydroxyl groups is 1. The van der Waals surface area contributed by atoms with E-state index in [1.807, 2.05) is 30.3 Å². The number of para-hydroxylation sites is 1. The summed E-state index contributed by atoms with van der Waals surface area (Å²) in [5, 5.41) is 18.7. The number of aliphatic hydroxyl groups excluding tert-OH is 1. The molecule has 1 saturated heterocycles. The summed E-state index contributed by atoms with van der Waals surface area (Å²) in [5.41, 5.74) is 7.24. The van der Waals surface area contributed by atoms with Crippen LogP contribution >= 0.6 is 0 Å². The number of nitrogens with zero attached hydrogens (tertiary/aromatic N) is 2. The molecule has 110 valence electrons. The van der Waals surface area contributed by atoms with E-state index in [0.717, 1.165) is 29.7 Å². The smallest absolute Gasteiger partial charge is 0.130 e. The maximum Gasteiger partial charge on any atom is 0.130 e. The van der Waals surface area contributed by atoms with E-state index in [1.165, 1.54) is 0 Å². The number of nitrogen functional groups attached to an aromatic ring is 1. The van der Waals surface area contributed by atoms with Crippen LogP contribution < -0.4 is 10.6 Å². The van der Waals surface area contributed by atoms with Crippen LogP contribution in [-0.2, 0) is 0 Å². The molecule has 21 heavy (non-hydrogen) atoms. The third-order valence-corrected chi connectivity index (χ3v) is 4.24. The first kappa shape index (κ1) is 13.8. The van der Waals surface area contributed by atoms with Crippen molar-refractivity contribution in [3.8, 4) is 0 Å². The van der Waals surface area contributed by atoms with Gasteiger partial charge in [-0.05, 0) is 24.5 Å². The molecule has 4 N–H and O–H groups in total. The molecule has 2 aromatic rings.